The monoisotopic (exact) mass is 327 g/mol. The van der Waals surface area contributed by atoms with Gasteiger partial charge in [0.05, 0.1) is 0 Å². The molecule has 1 aromatic rings. The molecule has 1 aliphatic heterocycles. The summed E-state index contributed by atoms with van der Waals surface area (Å²) < 4.78 is 0. The van der Waals surface area contributed by atoms with Gasteiger partial charge in [0.25, 0.3) is 0 Å². The van der Waals surface area contributed by atoms with Gasteiger partial charge in [0.15, 0.2) is 0 Å². The van der Waals surface area contributed by atoms with Crippen LogP contribution < -0.4 is 4.98 Å². The van der Waals surface area contributed by atoms with Crippen LogP contribution in [0.5, 0.6) is 0 Å². The molecule has 0 spiro atoms. The second-order valence-electron chi connectivity index (χ2n) is 8.06. The predicted octanol–water partition coefficient (Wildman–Crippen LogP) is 4.33. The molecule has 1 fully saturated rings. The van der Waals surface area contributed by atoms with Crippen molar-refractivity contribution >= 4 is 14.7 Å². The van der Waals surface area contributed by atoms with Crippen LogP contribution in [0.4, 0.5) is 0 Å². The average molecular weight is 328 g/mol. The molecule has 2 aliphatic rings. The third kappa shape index (κ3) is 3.56. The summed E-state index contributed by atoms with van der Waals surface area (Å²) in [6.07, 6.45) is 6.38. The molecule has 125 valence electrons. The van der Waals surface area contributed by atoms with Crippen LogP contribution in [0, 0.1) is 0 Å². The highest BCUT2D eigenvalue weighted by Crippen LogP contribution is 2.40. The first kappa shape index (κ1) is 16.8. The van der Waals surface area contributed by atoms with Crippen LogP contribution in [0.1, 0.15) is 62.8 Å². The van der Waals surface area contributed by atoms with Gasteiger partial charge in [0.1, 0.15) is 8.96 Å². The van der Waals surface area contributed by atoms with E-state index < -0.39 is 8.96 Å². The summed E-state index contributed by atoms with van der Waals surface area (Å²) in [5, 5.41) is 0. The predicted molar refractivity (Wildman–Crippen MR) is 102 cm³/mol. The lowest BCUT2D eigenvalue weighted by molar-refractivity contribution is 0.493. The summed E-state index contributed by atoms with van der Waals surface area (Å²) in [7, 11) is -0.675. The molecule has 3 heteroatoms. The van der Waals surface area contributed by atoms with Crippen molar-refractivity contribution in [1.29, 1.82) is 0 Å². The second-order valence-corrected chi connectivity index (χ2v) is 10.3. The number of nitrogens with zero attached hydrogens (tertiary/aromatic N) is 1. The molecule has 1 atom stereocenters. The van der Waals surface area contributed by atoms with Crippen molar-refractivity contribution < 1.29 is 0 Å². The molecule has 1 N–H and O–H groups in total. The van der Waals surface area contributed by atoms with Gasteiger partial charge >= 0.3 is 0 Å². The number of allylic oxidation sites excluding steroid dienone is 1. The second kappa shape index (κ2) is 6.44. The van der Waals surface area contributed by atoms with Crippen molar-refractivity contribution in [3.63, 3.8) is 0 Å². The van der Waals surface area contributed by atoms with Crippen molar-refractivity contribution in [2.24, 2.45) is 0 Å². The fraction of sp³-hybridized carbons (Fsp3) is 0.600. The summed E-state index contributed by atoms with van der Waals surface area (Å²) in [6, 6.07) is 7.17. The van der Waals surface area contributed by atoms with Crippen molar-refractivity contribution in [2.45, 2.75) is 64.6 Å². The minimum atomic E-state index is -0.675. The van der Waals surface area contributed by atoms with Crippen LogP contribution >= 0.6 is 0 Å². The number of likely N-dealkylation sites (tertiary alicyclic amines) is 1. The Morgan fingerprint density at radius 2 is 1.91 bits per heavy atom. The number of aryl methyl sites for hydroxylation is 1. The molecule has 1 aliphatic carbocycles. The maximum atomic E-state index is 3.89. The molecule has 0 amide bonds. The van der Waals surface area contributed by atoms with Gasteiger partial charge in [0.2, 0.25) is 0 Å². The van der Waals surface area contributed by atoms with Crippen LogP contribution in [-0.2, 0) is 6.42 Å². The molecule has 3 rings (SSSR count). The van der Waals surface area contributed by atoms with Gasteiger partial charge in [0, 0.05) is 35.4 Å². The van der Waals surface area contributed by atoms with E-state index in [1.807, 2.05) is 0 Å². The van der Waals surface area contributed by atoms with E-state index in [-0.39, 0.29) is 5.54 Å². The van der Waals surface area contributed by atoms with Gasteiger partial charge in [-0.2, -0.15) is 0 Å². The van der Waals surface area contributed by atoms with Crippen LogP contribution in [0.25, 0.3) is 5.70 Å². The molecule has 1 unspecified atom stereocenters. The molecular weight excluding hydrogens is 296 g/mol. The summed E-state index contributed by atoms with van der Waals surface area (Å²) >= 11 is 0. The Bertz CT molecular complexity index is 594. The number of benzene rings is 1. The standard InChI is InChI=1S/C20H31N2Si/c1-6-15-9-10-16-17(13-15)19(23(5)21-20(2,3)4)14-18(16)22-11-7-8-12-22/h9-10,13-14,19,21H,6-8,11-12H2,1-5H3. The Labute approximate surface area is 143 Å². The van der Waals surface area contributed by atoms with Crippen LogP contribution in [-0.4, -0.2) is 32.5 Å². The Kier molecular flexibility index (Phi) is 4.70. The summed E-state index contributed by atoms with van der Waals surface area (Å²) in [6.45, 7) is 14.0. The molecule has 0 bridgehead atoms. The van der Waals surface area contributed by atoms with E-state index in [0.29, 0.717) is 5.54 Å². The van der Waals surface area contributed by atoms with Gasteiger partial charge in [-0.05, 0) is 51.2 Å². The van der Waals surface area contributed by atoms with Crippen LogP contribution in [0.15, 0.2) is 24.3 Å². The number of hydrogen-bond donors (Lipinski definition) is 1. The molecule has 2 nitrogen and oxygen atoms in total. The summed E-state index contributed by atoms with van der Waals surface area (Å²) in [5.41, 5.74) is 6.81. The Morgan fingerprint density at radius 1 is 1.22 bits per heavy atom. The van der Waals surface area contributed by atoms with Gasteiger partial charge in [-0.1, -0.05) is 37.7 Å². The maximum absolute atomic E-state index is 3.89. The van der Waals surface area contributed by atoms with E-state index in [2.05, 4.69) is 68.4 Å². The van der Waals surface area contributed by atoms with Crippen molar-refractivity contribution in [3.05, 3.63) is 41.0 Å². The molecule has 1 aromatic carbocycles. The van der Waals surface area contributed by atoms with E-state index in [0.717, 1.165) is 6.42 Å². The van der Waals surface area contributed by atoms with Crippen molar-refractivity contribution in [2.75, 3.05) is 13.1 Å². The van der Waals surface area contributed by atoms with E-state index in [4.69, 9.17) is 0 Å². The third-order valence-corrected chi connectivity index (χ3v) is 7.50. The minimum absolute atomic E-state index is 0.190. The molecule has 0 saturated carbocycles. The van der Waals surface area contributed by atoms with Crippen LogP contribution in [0.2, 0.25) is 6.55 Å². The SMILES string of the molecule is CCc1ccc2c(c1)C([Si](C)NC(C)(C)C)C=C2N1CCCC1. The number of hydrogen-bond acceptors (Lipinski definition) is 2. The normalized spacial score (nSPS) is 21.0. The van der Waals surface area contributed by atoms with E-state index in [1.165, 1.54) is 42.8 Å². The Morgan fingerprint density at radius 3 is 2.52 bits per heavy atom. The highest BCUT2D eigenvalue weighted by molar-refractivity contribution is 6.57. The zero-order valence-electron chi connectivity index (χ0n) is 15.4. The Balaban J connectivity index is 1.95. The highest BCUT2D eigenvalue weighted by atomic mass is 28.3. The lowest BCUT2D eigenvalue weighted by Gasteiger charge is -2.28. The maximum Gasteiger partial charge on any atom is 0.142 e. The molecule has 23 heavy (non-hydrogen) atoms. The van der Waals surface area contributed by atoms with Crippen LogP contribution in [0.3, 0.4) is 0 Å². The third-order valence-electron chi connectivity index (χ3n) is 4.95. The van der Waals surface area contributed by atoms with E-state index in [9.17, 15) is 0 Å². The number of fused-ring (bicyclic) bond motifs is 1. The van der Waals surface area contributed by atoms with Crippen molar-refractivity contribution in [1.82, 2.24) is 9.88 Å². The van der Waals surface area contributed by atoms with E-state index >= 15 is 0 Å². The smallest absolute Gasteiger partial charge is 0.142 e. The van der Waals surface area contributed by atoms with Gasteiger partial charge in [-0.3, -0.25) is 0 Å². The molecule has 1 saturated heterocycles. The van der Waals surface area contributed by atoms with E-state index in [1.54, 1.807) is 5.56 Å². The number of nitrogens with one attached hydrogen (secondary N) is 1. The zero-order valence-corrected chi connectivity index (χ0v) is 16.4. The fourth-order valence-electron chi connectivity index (χ4n) is 3.92. The van der Waals surface area contributed by atoms with Gasteiger partial charge in [-0.15, -0.1) is 0 Å². The average Bonchev–Trinajstić information content (AvgIpc) is 3.11. The summed E-state index contributed by atoms with van der Waals surface area (Å²) in [5.74, 6) is 0. The molecule has 1 radical (unpaired) electrons. The quantitative estimate of drug-likeness (QED) is 0.828. The Hall–Kier alpha value is -1.06. The highest BCUT2D eigenvalue weighted by Gasteiger charge is 2.33. The van der Waals surface area contributed by atoms with Crippen molar-refractivity contribution in [3.8, 4) is 0 Å². The largest absolute Gasteiger partial charge is 0.371 e. The molecule has 0 aromatic heterocycles. The van der Waals surface area contributed by atoms with Gasteiger partial charge < -0.3 is 9.88 Å². The minimum Gasteiger partial charge on any atom is -0.371 e. The first-order valence-electron chi connectivity index (χ1n) is 9.10. The topological polar surface area (TPSA) is 15.3 Å². The zero-order chi connectivity index (χ0) is 16.6. The lowest BCUT2D eigenvalue weighted by atomic mass is 10.0. The molecule has 1 heterocycles. The number of rotatable bonds is 4. The first-order chi connectivity index (χ1) is 10.9. The first-order valence-corrected chi connectivity index (χ1v) is 11.2. The molecular formula is C20H31N2Si. The van der Waals surface area contributed by atoms with Gasteiger partial charge in [-0.25, -0.2) is 0 Å². The fourth-order valence-corrected chi connectivity index (χ4v) is 6.37. The lowest BCUT2D eigenvalue weighted by Crippen LogP contribution is -2.47. The summed E-state index contributed by atoms with van der Waals surface area (Å²) in [4.78, 5) is 6.50.